The molecule has 2 saturated heterocycles. The number of pyridine rings is 1. The number of carbonyl (C=O) groups excluding carboxylic acids is 2. The van der Waals surface area contributed by atoms with Gasteiger partial charge in [-0.15, -0.1) is 0 Å². The second-order valence-electron chi connectivity index (χ2n) is 7.77. The zero-order valence-corrected chi connectivity index (χ0v) is 18.7. The molecule has 4 rings (SSSR count). The third-order valence-electron chi connectivity index (χ3n) is 5.93. The number of hydrogen-bond acceptors (Lipinski definition) is 8. The fourth-order valence-corrected chi connectivity index (χ4v) is 4.17. The smallest absolute Gasteiger partial charge is 0.295 e. The largest absolute Gasteiger partial charge is 0.507 e. The molecule has 174 valence electrons. The predicted molar refractivity (Wildman–Crippen MR) is 120 cm³/mol. The van der Waals surface area contributed by atoms with E-state index in [1.165, 1.54) is 19.1 Å². The Labute approximate surface area is 192 Å². The van der Waals surface area contributed by atoms with E-state index in [0.29, 0.717) is 49.1 Å². The number of Topliss-reactive ketones (excluding diaryl/α,β-unsaturated/α-hetero) is 1. The number of rotatable bonds is 7. The quantitative estimate of drug-likeness (QED) is 0.385. The minimum absolute atomic E-state index is 0.0101. The summed E-state index contributed by atoms with van der Waals surface area (Å²) in [5.41, 5.74) is 0.794. The maximum atomic E-state index is 13.2. The zero-order valence-electron chi connectivity index (χ0n) is 18.7. The lowest BCUT2D eigenvalue weighted by atomic mass is 9.97. The molecule has 0 bridgehead atoms. The van der Waals surface area contributed by atoms with Crippen molar-refractivity contribution < 1.29 is 28.9 Å². The molecule has 2 aliphatic rings. The summed E-state index contributed by atoms with van der Waals surface area (Å²) >= 11 is 0. The van der Waals surface area contributed by atoms with Gasteiger partial charge in [0, 0.05) is 38.4 Å². The Morgan fingerprint density at radius 3 is 2.58 bits per heavy atom. The molecule has 1 N–H and O–H groups in total. The van der Waals surface area contributed by atoms with Crippen LogP contribution in [-0.4, -0.2) is 85.2 Å². The topological polar surface area (TPSA) is 101 Å². The number of methoxy groups -OCH3 is 2. The third-order valence-corrected chi connectivity index (χ3v) is 5.93. The van der Waals surface area contributed by atoms with E-state index < -0.39 is 17.7 Å². The lowest BCUT2D eigenvalue weighted by molar-refractivity contribution is -0.140. The van der Waals surface area contributed by atoms with E-state index in [0.717, 1.165) is 13.1 Å². The number of morpholine rings is 1. The number of ether oxygens (including phenoxy) is 3. The van der Waals surface area contributed by atoms with E-state index in [4.69, 9.17) is 14.2 Å². The summed E-state index contributed by atoms with van der Waals surface area (Å²) < 4.78 is 16.0. The summed E-state index contributed by atoms with van der Waals surface area (Å²) in [5, 5.41) is 11.3. The lowest BCUT2D eigenvalue weighted by Crippen LogP contribution is -2.42. The molecular formula is C24H27N3O6. The molecule has 1 atom stereocenters. The number of amides is 1. The highest BCUT2D eigenvalue weighted by Crippen LogP contribution is 2.40. The Bertz CT molecular complexity index is 1050. The number of nitrogens with zero attached hydrogens (tertiary/aromatic N) is 3. The Morgan fingerprint density at radius 1 is 1.12 bits per heavy atom. The second kappa shape index (κ2) is 10.0. The van der Waals surface area contributed by atoms with Crippen LogP contribution in [0.5, 0.6) is 11.5 Å². The maximum Gasteiger partial charge on any atom is 0.295 e. The second-order valence-corrected chi connectivity index (χ2v) is 7.77. The molecule has 0 spiro atoms. The van der Waals surface area contributed by atoms with Crippen molar-refractivity contribution in [2.24, 2.45) is 0 Å². The van der Waals surface area contributed by atoms with Crippen LogP contribution < -0.4 is 9.47 Å². The maximum absolute atomic E-state index is 13.2. The number of aliphatic hydroxyl groups excluding tert-OH is 1. The summed E-state index contributed by atoms with van der Waals surface area (Å²) in [6.07, 6.45) is 1.60. The van der Waals surface area contributed by atoms with Gasteiger partial charge in [0.1, 0.15) is 23.3 Å². The molecule has 0 aliphatic carbocycles. The molecule has 3 heterocycles. The highest BCUT2D eigenvalue weighted by molar-refractivity contribution is 6.46. The molecule has 2 fully saturated rings. The van der Waals surface area contributed by atoms with Gasteiger partial charge in [0.05, 0.1) is 44.3 Å². The van der Waals surface area contributed by atoms with Crippen LogP contribution in [-0.2, 0) is 14.3 Å². The van der Waals surface area contributed by atoms with Crippen LogP contribution in [0.25, 0.3) is 5.76 Å². The van der Waals surface area contributed by atoms with Gasteiger partial charge >= 0.3 is 0 Å². The number of benzene rings is 1. The minimum Gasteiger partial charge on any atom is -0.507 e. The summed E-state index contributed by atoms with van der Waals surface area (Å²) in [6.45, 7) is 3.72. The summed E-state index contributed by atoms with van der Waals surface area (Å²) in [6, 6.07) is 9.36. The van der Waals surface area contributed by atoms with Crippen molar-refractivity contribution in [3.05, 3.63) is 59.4 Å². The van der Waals surface area contributed by atoms with Gasteiger partial charge in [-0.25, -0.2) is 0 Å². The average molecular weight is 453 g/mol. The standard InChI is InChI=1S/C24H27N3O6/c1-31-16-6-7-17(19(15-16)32-2)22(28)20-21(18-5-3-4-8-25-18)27(24(30)23(20)29)10-9-26-11-13-33-14-12-26/h3-8,15,21,28H,9-14H2,1-2H3/b22-20+/t21-/m1/s1. The van der Waals surface area contributed by atoms with Crippen molar-refractivity contribution in [2.45, 2.75) is 6.04 Å². The van der Waals surface area contributed by atoms with Gasteiger partial charge in [-0.3, -0.25) is 19.5 Å². The molecule has 0 saturated carbocycles. The van der Waals surface area contributed by atoms with Crippen molar-refractivity contribution in [1.29, 1.82) is 0 Å². The van der Waals surface area contributed by atoms with Gasteiger partial charge in [0.2, 0.25) is 0 Å². The lowest BCUT2D eigenvalue weighted by Gasteiger charge is -2.30. The van der Waals surface area contributed by atoms with E-state index in [-0.39, 0.29) is 11.3 Å². The third kappa shape index (κ3) is 4.55. The van der Waals surface area contributed by atoms with Crippen LogP contribution in [0.15, 0.2) is 48.2 Å². The summed E-state index contributed by atoms with van der Waals surface area (Å²) in [7, 11) is 2.98. The van der Waals surface area contributed by atoms with Gasteiger partial charge in [-0.05, 0) is 24.3 Å². The molecular weight excluding hydrogens is 426 g/mol. The molecule has 1 aromatic carbocycles. The number of likely N-dealkylation sites (tertiary alicyclic amines) is 1. The van der Waals surface area contributed by atoms with E-state index in [9.17, 15) is 14.7 Å². The first-order valence-corrected chi connectivity index (χ1v) is 10.8. The van der Waals surface area contributed by atoms with Gasteiger partial charge in [0.25, 0.3) is 11.7 Å². The van der Waals surface area contributed by atoms with Crippen LogP contribution in [0.4, 0.5) is 0 Å². The minimum atomic E-state index is -0.806. The molecule has 0 unspecified atom stereocenters. The number of ketones is 1. The molecule has 2 aliphatic heterocycles. The van der Waals surface area contributed by atoms with Gasteiger partial charge in [-0.2, -0.15) is 0 Å². The van der Waals surface area contributed by atoms with E-state index in [2.05, 4.69) is 9.88 Å². The molecule has 0 radical (unpaired) electrons. The first kappa shape index (κ1) is 22.8. The van der Waals surface area contributed by atoms with Crippen LogP contribution in [0.1, 0.15) is 17.3 Å². The SMILES string of the molecule is COc1ccc(/C(O)=C2\C(=O)C(=O)N(CCN3CCOCC3)[C@@H]2c2ccccn2)c(OC)c1. The number of carbonyl (C=O) groups is 2. The van der Waals surface area contributed by atoms with Crippen molar-refractivity contribution in [3.8, 4) is 11.5 Å². The first-order chi connectivity index (χ1) is 16.0. The Hall–Kier alpha value is -3.43. The van der Waals surface area contributed by atoms with Gasteiger partial charge < -0.3 is 24.2 Å². The van der Waals surface area contributed by atoms with E-state index >= 15 is 0 Å². The predicted octanol–water partition coefficient (Wildman–Crippen LogP) is 1.85. The fraction of sp³-hybridized carbons (Fsp3) is 0.375. The Kier molecular flexibility index (Phi) is 6.90. The summed E-state index contributed by atoms with van der Waals surface area (Å²) in [4.78, 5) is 34.3. The van der Waals surface area contributed by atoms with Crippen molar-refractivity contribution in [1.82, 2.24) is 14.8 Å². The highest BCUT2D eigenvalue weighted by atomic mass is 16.5. The van der Waals surface area contributed by atoms with Crippen molar-refractivity contribution >= 4 is 17.4 Å². The highest BCUT2D eigenvalue weighted by Gasteiger charge is 2.47. The zero-order chi connectivity index (χ0) is 23.4. The Morgan fingerprint density at radius 2 is 1.91 bits per heavy atom. The first-order valence-electron chi connectivity index (χ1n) is 10.8. The van der Waals surface area contributed by atoms with Crippen LogP contribution in [0.2, 0.25) is 0 Å². The van der Waals surface area contributed by atoms with Crippen LogP contribution >= 0.6 is 0 Å². The molecule has 33 heavy (non-hydrogen) atoms. The molecule has 2 aromatic rings. The fourth-order valence-electron chi connectivity index (χ4n) is 4.17. The van der Waals surface area contributed by atoms with Gasteiger partial charge in [0.15, 0.2) is 0 Å². The monoisotopic (exact) mass is 453 g/mol. The van der Waals surface area contributed by atoms with Crippen LogP contribution in [0, 0.1) is 0 Å². The normalized spacial score (nSPS) is 20.8. The van der Waals surface area contributed by atoms with E-state index in [1.807, 2.05) is 0 Å². The Balaban J connectivity index is 1.75. The molecule has 9 nitrogen and oxygen atoms in total. The van der Waals surface area contributed by atoms with E-state index in [1.54, 1.807) is 42.6 Å². The van der Waals surface area contributed by atoms with Gasteiger partial charge in [-0.1, -0.05) is 6.07 Å². The van der Waals surface area contributed by atoms with Crippen molar-refractivity contribution in [3.63, 3.8) is 0 Å². The van der Waals surface area contributed by atoms with Crippen molar-refractivity contribution in [2.75, 3.05) is 53.6 Å². The number of aliphatic hydroxyl groups is 1. The van der Waals surface area contributed by atoms with Crippen LogP contribution in [0.3, 0.4) is 0 Å². The molecule has 1 amide bonds. The summed E-state index contributed by atoms with van der Waals surface area (Å²) in [5.74, 6) is -0.852. The number of aromatic nitrogens is 1. The molecule has 9 heteroatoms. The average Bonchev–Trinajstić information content (AvgIpc) is 3.12. The molecule has 1 aromatic heterocycles. The number of hydrogen-bond donors (Lipinski definition) is 1.